The summed E-state index contributed by atoms with van der Waals surface area (Å²) >= 11 is 0. The monoisotopic (exact) mass is 463 g/mol. The largest absolute Gasteiger partial charge is 0.349 e. The number of fused-ring (bicyclic) bond motifs is 2. The van der Waals surface area contributed by atoms with Gasteiger partial charge < -0.3 is 15.0 Å². The molecule has 0 spiro atoms. The molecule has 6 rings (SSSR count). The second-order valence-corrected chi connectivity index (χ2v) is 8.88. The molecule has 3 aromatic heterocycles. The molecule has 0 radical (unpaired) electrons. The Morgan fingerprint density at radius 2 is 2.03 bits per heavy atom. The van der Waals surface area contributed by atoms with Crippen LogP contribution in [0.25, 0.3) is 27.8 Å². The number of nitrogens with one attached hydrogen (secondary N) is 3. The van der Waals surface area contributed by atoms with Gasteiger partial charge in [-0.1, -0.05) is 19.3 Å². The highest BCUT2D eigenvalue weighted by Gasteiger charge is 2.32. The first kappa shape index (κ1) is 22.0. The molecule has 1 atom stereocenters. The minimum absolute atomic E-state index is 0.0350. The summed E-state index contributed by atoms with van der Waals surface area (Å²) in [6.07, 6.45) is 13.4. The summed E-state index contributed by atoms with van der Waals surface area (Å²) in [6.45, 7) is 3.46. The number of carbonyl (C=O) groups is 2. The molecule has 3 heterocycles. The average Bonchev–Trinajstić information content (AvgIpc) is 3.75. The van der Waals surface area contributed by atoms with Crippen molar-refractivity contribution in [1.82, 2.24) is 29.9 Å². The summed E-state index contributed by atoms with van der Waals surface area (Å²) in [5.41, 5.74) is 3.00. The Hall–Kier alpha value is -3.82. The number of benzene rings is 1. The van der Waals surface area contributed by atoms with Gasteiger partial charge in [-0.05, 0) is 32.3 Å². The van der Waals surface area contributed by atoms with Crippen LogP contribution >= 0.6 is 0 Å². The molecule has 34 heavy (non-hydrogen) atoms. The zero-order valence-electron chi connectivity index (χ0n) is 19.1. The Balaban J connectivity index is 0.000000745. The Labute approximate surface area is 195 Å². The van der Waals surface area contributed by atoms with Crippen molar-refractivity contribution in [3.05, 3.63) is 41.7 Å². The van der Waals surface area contributed by atoms with Crippen LogP contribution in [0.2, 0.25) is 0 Å². The zero-order chi connectivity index (χ0) is 23.8. The number of imidazole rings is 1. The van der Waals surface area contributed by atoms with Gasteiger partial charge in [0.15, 0.2) is 11.5 Å². The second kappa shape index (κ2) is 8.85. The molecule has 176 valence electrons. The smallest absolute Gasteiger partial charge is 0.223 e. The molecular formula is C24H26FN7O2. The van der Waals surface area contributed by atoms with Crippen molar-refractivity contribution in [2.24, 2.45) is 5.92 Å². The van der Waals surface area contributed by atoms with E-state index in [4.69, 9.17) is 0 Å². The fraction of sp³-hybridized carbons (Fsp3) is 0.375. The fourth-order valence-corrected chi connectivity index (χ4v) is 3.95. The van der Waals surface area contributed by atoms with Gasteiger partial charge in [0.25, 0.3) is 0 Å². The van der Waals surface area contributed by atoms with Gasteiger partial charge in [0, 0.05) is 28.6 Å². The lowest BCUT2D eigenvalue weighted by Crippen LogP contribution is -2.28. The van der Waals surface area contributed by atoms with Crippen LogP contribution in [0.5, 0.6) is 0 Å². The van der Waals surface area contributed by atoms with Gasteiger partial charge in [-0.2, -0.15) is 5.10 Å². The van der Waals surface area contributed by atoms with Crippen LogP contribution in [-0.4, -0.2) is 36.9 Å². The quantitative estimate of drug-likeness (QED) is 0.373. The number of amides is 2. The number of rotatable bonds is 6. The van der Waals surface area contributed by atoms with Gasteiger partial charge >= 0.3 is 0 Å². The topological polar surface area (TPSA) is 117 Å². The molecule has 4 aromatic rings. The SMILES string of the molecule is C1CC1.Cc1c(F)c(C(C)NC(=O)C2CC2)c2[nH]ncc2c1-c1cn2cc(NC=O)nc2cn1. The Morgan fingerprint density at radius 1 is 1.26 bits per heavy atom. The van der Waals surface area contributed by atoms with E-state index in [0.717, 1.165) is 12.8 Å². The molecule has 0 bridgehead atoms. The molecule has 2 aliphatic carbocycles. The molecule has 2 saturated carbocycles. The van der Waals surface area contributed by atoms with Gasteiger partial charge in [0.1, 0.15) is 5.82 Å². The van der Waals surface area contributed by atoms with E-state index < -0.39 is 11.9 Å². The zero-order valence-corrected chi connectivity index (χ0v) is 19.1. The van der Waals surface area contributed by atoms with E-state index in [1.807, 2.05) is 0 Å². The standard InChI is InChI=1S/C21H20FN7O2.C3H6/c1-10-17(14-7-29-8-15(24-9-30)27-16(29)6-23-14)13-5-25-28-20(13)18(19(10)22)11(2)26-21(31)12-3-4-12;1-2-3-1/h5-9,11-12H,3-4H2,1-2H3,(H,24,30)(H,25,28)(H,26,31);1-3H2. The highest BCUT2D eigenvalue weighted by atomic mass is 19.1. The maximum Gasteiger partial charge on any atom is 0.223 e. The second-order valence-electron chi connectivity index (χ2n) is 8.88. The van der Waals surface area contributed by atoms with E-state index in [1.165, 1.54) is 19.3 Å². The van der Waals surface area contributed by atoms with Crippen LogP contribution in [0.4, 0.5) is 10.2 Å². The third-order valence-electron chi connectivity index (χ3n) is 6.02. The Morgan fingerprint density at radius 3 is 2.71 bits per heavy atom. The Bertz CT molecular complexity index is 1380. The number of aromatic nitrogens is 5. The van der Waals surface area contributed by atoms with Gasteiger partial charge in [0.2, 0.25) is 12.3 Å². The lowest BCUT2D eigenvalue weighted by Gasteiger charge is -2.19. The number of carbonyl (C=O) groups excluding carboxylic acids is 2. The predicted octanol–water partition coefficient (Wildman–Crippen LogP) is 4.05. The number of H-pyrrole nitrogens is 1. The van der Waals surface area contributed by atoms with Crippen molar-refractivity contribution in [3.63, 3.8) is 0 Å². The number of hydrogen-bond acceptors (Lipinski definition) is 5. The molecule has 1 aromatic carbocycles. The van der Waals surface area contributed by atoms with E-state index in [0.29, 0.717) is 51.2 Å². The summed E-state index contributed by atoms with van der Waals surface area (Å²) in [5, 5.41) is 13.1. The summed E-state index contributed by atoms with van der Waals surface area (Å²) in [4.78, 5) is 31.6. The third kappa shape index (κ3) is 4.23. The van der Waals surface area contributed by atoms with Crippen molar-refractivity contribution >= 4 is 34.7 Å². The van der Waals surface area contributed by atoms with Crippen molar-refractivity contribution in [2.45, 2.75) is 52.0 Å². The van der Waals surface area contributed by atoms with Crippen LogP contribution in [0.15, 0.2) is 24.8 Å². The summed E-state index contributed by atoms with van der Waals surface area (Å²) < 4.78 is 17.3. The van der Waals surface area contributed by atoms with E-state index in [1.54, 1.807) is 43.0 Å². The number of aromatic amines is 1. The first-order chi connectivity index (χ1) is 16.5. The lowest BCUT2D eigenvalue weighted by atomic mass is 9.94. The van der Waals surface area contributed by atoms with Crippen molar-refractivity contribution in [3.8, 4) is 11.3 Å². The molecular weight excluding hydrogens is 437 g/mol. The van der Waals surface area contributed by atoms with Crippen LogP contribution in [0.3, 0.4) is 0 Å². The molecule has 2 fully saturated rings. The minimum Gasteiger partial charge on any atom is -0.349 e. The van der Waals surface area contributed by atoms with Crippen LogP contribution in [0, 0.1) is 18.7 Å². The molecule has 9 nitrogen and oxygen atoms in total. The molecule has 10 heteroatoms. The van der Waals surface area contributed by atoms with Crippen molar-refractivity contribution in [1.29, 1.82) is 0 Å². The van der Waals surface area contributed by atoms with Crippen LogP contribution < -0.4 is 10.6 Å². The van der Waals surface area contributed by atoms with Crippen LogP contribution in [0.1, 0.15) is 56.2 Å². The maximum atomic E-state index is 15.6. The molecule has 2 amide bonds. The first-order valence-electron chi connectivity index (χ1n) is 11.5. The van der Waals surface area contributed by atoms with E-state index in [2.05, 4.69) is 30.8 Å². The van der Waals surface area contributed by atoms with Gasteiger partial charge in [-0.15, -0.1) is 0 Å². The molecule has 3 N–H and O–H groups in total. The van der Waals surface area contributed by atoms with Gasteiger partial charge in [-0.25, -0.2) is 9.37 Å². The molecule has 1 unspecified atom stereocenters. The lowest BCUT2D eigenvalue weighted by molar-refractivity contribution is -0.122. The number of nitrogens with zero attached hydrogens (tertiary/aromatic N) is 4. The van der Waals surface area contributed by atoms with Crippen molar-refractivity contribution in [2.75, 3.05) is 5.32 Å². The molecule has 2 aliphatic rings. The van der Waals surface area contributed by atoms with Crippen LogP contribution in [-0.2, 0) is 9.59 Å². The maximum absolute atomic E-state index is 15.6. The fourth-order valence-electron chi connectivity index (χ4n) is 3.95. The molecule has 0 saturated heterocycles. The number of halogens is 1. The Kier molecular flexibility index (Phi) is 5.72. The molecule has 0 aliphatic heterocycles. The third-order valence-corrected chi connectivity index (χ3v) is 6.02. The van der Waals surface area contributed by atoms with E-state index >= 15 is 4.39 Å². The van der Waals surface area contributed by atoms with E-state index in [-0.39, 0.29) is 11.8 Å². The summed E-state index contributed by atoms with van der Waals surface area (Å²) in [7, 11) is 0. The van der Waals surface area contributed by atoms with E-state index in [9.17, 15) is 9.59 Å². The van der Waals surface area contributed by atoms with Crippen molar-refractivity contribution < 1.29 is 14.0 Å². The number of anilines is 1. The van der Waals surface area contributed by atoms with Gasteiger partial charge in [0.05, 0.1) is 35.8 Å². The highest BCUT2D eigenvalue weighted by molar-refractivity contribution is 5.97. The average molecular weight is 464 g/mol. The van der Waals surface area contributed by atoms with Gasteiger partial charge in [-0.3, -0.25) is 19.7 Å². The first-order valence-corrected chi connectivity index (χ1v) is 11.5. The normalized spacial score (nSPS) is 15.5. The number of hydrogen-bond donors (Lipinski definition) is 3. The minimum atomic E-state index is -0.509. The summed E-state index contributed by atoms with van der Waals surface area (Å²) in [5.74, 6) is -0.0341. The predicted molar refractivity (Wildman–Crippen MR) is 126 cm³/mol. The summed E-state index contributed by atoms with van der Waals surface area (Å²) in [6, 6.07) is -0.509. The highest BCUT2D eigenvalue weighted by Crippen LogP contribution is 2.38.